The summed E-state index contributed by atoms with van der Waals surface area (Å²) in [5, 5.41) is 10.4. The van der Waals surface area contributed by atoms with Gasteiger partial charge in [-0.25, -0.2) is 4.98 Å². The number of aliphatic hydroxyl groups is 1. The van der Waals surface area contributed by atoms with Crippen LogP contribution in [0.4, 0.5) is 0 Å². The lowest BCUT2D eigenvalue weighted by molar-refractivity contribution is 0.0373. The molecule has 5 nitrogen and oxygen atoms in total. The van der Waals surface area contributed by atoms with Crippen molar-refractivity contribution < 1.29 is 5.11 Å². The number of nitrogens with zero attached hydrogens (tertiary/aromatic N) is 2. The van der Waals surface area contributed by atoms with E-state index in [-0.39, 0.29) is 11.7 Å². The van der Waals surface area contributed by atoms with Crippen LogP contribution in [0.25, 0.3) is 22.3 Å². The molecular formula is C19H21N3O2. The molecule has 1 aliphatic carbocycles. The highest BCUT2D eigenvalue weighted by Crippen LogP contribution is 2.31. The summed E-state index contributed by atoms with van der Waals surface area (Å²) in [7, 11) is 0. The highest BCUT2D eigenvalue weighted by Gasteiger charge is 2.26. The quantitative estimate of drug-likeness (QED) is 0.775. The first-order valence-electron chi connectivity index (χ1n) is 8.43. The summed E-state index contributed by atoms with van der Waals surface area (Å²) in [6, 6.07) is 7.92. The van der Waals surface area contributed by atoms with Crippen molar-refractivity contribution in [2.24, 2.45) is 5.92 Å². The number of imidazole rings is 1. The van der Waals surface area contributed by atoms with E-state index in [0.29, 0.717) is 17.3 Å². The van der Waals surface area contributed by atoms with E-state index in [1.54, 1.807) is 6.20 Å². The van der Waals surface area contributed by atoms with Crippen LogP contribution in [0.15, 0.2) is 41.5 Å². The molecule has 1 aromatic carbocycles. The minimum absolute atomic E-state index is 0.113. The number of nitrogens with one attached hydrogen (secondary N) is 1. The average molecular weight is 323 g/mol. The predicted octanol–water partition coefficient (Wildman–Crippen LogP) is 2.86. The molecule has 24 heavy (non-hydrogen) atoms. The molecule has 0 unspecified atom stereocenters. The summed E-state index contributed by atoms with van der Waals surface area (Å²) >= 11 is 0. The van der Waals surface area contributed by atoms with Gasteiger partial charge in [0, 0.05) is 24.5 Å². The first kappa shape index (κ1) is 15.1. The van der Waals surface area contributed by atoms with Crippen LogP contribution in [0.1, 0.15) is 24.8 Å². The second-order valence-corrected chi connectivity index (χ2v) is 6.83. The summed E-state index contributed by atoms with van der Waals surface area (Å²) in [5.74, 6) is 1.28. The van der Waals surface area contributed by atoms with Crippen molar-refractivity contribution in [2.75, 3.05) is 0 Å². The first-order valence-corrected chi connectivity index (χ1v) is 8.43. The van der Waals surface area contributed by atoms with E-state index >= 15 is 0 Å². The van der Waals surface area contributed by atoms with Gasteiger partial charge in [0.1, 0.15) is 5.82 Å². The van der Waals surface area contributed by atoms with Gasteiger partial charge in [-0.15, -0.1) is 0 Å². The molecule has 3 aromatic rings. The van der Waals surface area contributed by atoms with Crippen LogP contribution in [0.3, 0.4) is 0 Å². The molecule has 1 fully saturated rings. The van der Waals surface area contributed by atoms with Gasteiger partial charge in [-0.1, -0.05) is 11.6 Å². The average Bonchev–Trinajstić information content (AvgIpc) is 2.98. The van der Waals surface area contributed by atoms with Crippen LogP contribution in [-0.4, -0.2) is 25.7 Å². The van der Waals surface area contributed by atoms with Crippen molar-refractivity contribution in [3.63, 3.8) is 0 Å². The minimum Gasteiger partial charge on any atom is -0.393 e. The summed E-state index contributed by atoms with van der Waals surface area (Å²) in [6.45, 7) is 2.86. The molecule has 0 amide bonds. The molecule has 0 bridgehead atoms. The summed E-state index contributed by atoms with van der Waals surface area (Å²) in [4.78, 5) is 19.8. The fraction of sp³-hybridized carbons (Fsp3) is 0.368. The fourth-order valence-electron chi connectivity index (χ4n) is 3.48. The molecule has 0 saturated heterocycles. The van der Waals surface area contributed by atoms with Gasteiger partial charge in [0.2, 0.25) is 0 Å². The lowest BCUT2D eigenvalue weighted by Gasteiger charge is -2.31. The Labute approximate surface area is 140 Å². The van der Waals surface area contributed by atoms with Gasteiger partial charge < -0.3 is 14.7 Å². The minimum atomic E-state index is -0.121. The summed E-state index contributed by atoms with van der Waals surface area (Å²) < 4.78 is 2.04. The number of rotatable bonds is 4. The lowest BCUT2D eigenvalue weighted by atomic mass is 9.80. The molecule has 0 radical (unpaired) electrons. The van der Waals surface area contributed by atoms with Gasteiger partial charge >= 0.3 is 0 Å². The Morgan fingerprint density at radius 3 is 2.96 bits per heavy atom. The third kappa shape index (κ3) is 2.76. The highest BCUT2D eigenvalue weighted by molar-refractivity contribution is 5.83. The van der Waals surface area contributed by atoms with Gasteiger partial charge in [-0.05, 0) is 55.7 Å². The first-order chi connectivity index (χ1) is 11.6. The molecule has 2 aromatic heterocycles. The largest absolute Gasteiger partial charge is 0.393 e. The maximum Gasteiger partial charge on any atom is 0.259 e. The maximum atomic E-state index is 12.5. The van der Waals surface area contributed by atoms with Crippen LogP contribution in [0.2, 0.25) is 0 Å². The second kappa shape index (κ2) is 5.91. The van der Waals surface area contributed by atoms with Crippen LogP contribution in [0.5, 0.6) is 0 Å². The number of benzene rings is 1. The van der Waals surface area contributed by atoms with E-state index in [2.05, 4.69) is 16.0 Å². The standard InChI is InChI=1S/C19H21N3O2/c1-12-2-3-17-14(8-12)11-16(19(24)21-17)18-20-5-7-22(18)6-4-13-9-15(23)10-13/h2-3,5,7-8,11,13,15,23H,4,6,9-10H2,1H3,(H,21,24). The van der Waals surface area contributed by atoms with Crippen LogP contribution in [0, 0.1) is 12.8 Å². The van der Waals surface area contributed by atoms with Gasteiger partial charge in [-0.2, -0.15) is 0 Å². The number of aliphatic hydroxyl groups excluding tert-OH is 1. The van der Waals surface area contributed by atoms with E-state index in [4.69, 9.17) is 0 Å². The Hall–Kier alpha value is -2.40. The van der Waals surface area contributed by atoms with Gasteiger partial charge in [0.05, 0.1) is 11.7 Å². The molecule has 124 valence electrons. The molecule has 0 atom stereocenters. The van der Waals surface area contributed by atoms with E-state index in [0.717, 1.165) is 42.3 Å². The molecule has 1 aliphatic rings. The van der Waals surface area contributed by atoms with Crippen molar-refractivity contribution >= 4 is 10.9 Å². The molecular weight excluding hydrogens is 302 g/mol. The Morgan fingerprint density at radius 2 is 2.17 bits per heavy atom. The third-order valence-electron chi connectivity index (χ3n) is 4.95. The number of hydrogen-bond acceptors (Lipinski definition) is 3. The Kier molecular flexibility index (Phi) is 3.73. The van der Waals surface area contributed by atoms with Crippen LogP contribution < -0.4 is 5.56 Å². The van der Waals surface area contributed by atoms with Crippen molar-refractivity contribution in [3.8, 4) is 11.4 Å². The van der Waals surface area contributed by atoms with Crippen LogP contribution in [-0.2, 0) is 6.54 Å². The number of pyridine rings is 1. The van der Waals surface area contributed by atoms with E-state index in [9.17, 15) is 9.90 Å². The zero-order valence-corrected chi connectivity index (χ0v) is 13.7. The van der Waals surface area contributed by atoms with Gasteiger partial charge in [-0.3, -0.25) is 4.79 Å². The second-order valence-electron chi connectivity index (χ2n) is 6.83. The Balaban J connectivity index is 1.66. The number of hydrogen-bond donors (Lipinski definition) is 2. The topological polar surface area (TPSA) is 70.9 Å². The number of aromatic amines is 1. The van der Waals surface area contributed by atoms with Gasteiger partial charge in [0.15, 0.2) is 0 Å². The molecule has 0 aliphatic heterocycles. The zero-order valence-electron chi connectivity index (χ0n) is 13.7. The number of aromatic nitrogens is 3. The SMILES string of the molecule is Cc1ccc2[nH]c(=O)c(-c3nccn3CCC3CC(O)C3)cc2c1. The zero-order chi connectivity index (χ0) is 16.7. The Morgan fingerprint density at radius 1 is 1.33 bits per heavy atom. The van der Waals surface area contributed by atoms with E-state index in [1.165, 1.54) is 0 Å². The highest BCUT2D eigenvalue weighted by atomic mass is 16.3. The van der Waals surface area contributed by atoms with E-state index < -0.39 is 0 Å². The molecule has 2 heterocycles. The molecule has 5 heteroatoms. The number of fused-ring (bicyclic) bond motifs is 1. The molecule has 1 saturated carbocycles. The third-order valence-corrected chi connectivity index (χ3v) is 4.95. The number of aryl methyl sites for hydroxylation is 2. The Bertz CT molecular complexity index is 935. The monoisotopic (exact) mass is 323 g/mol. The fourth-order valence-corrected chi connectivity index (χ4v) is 3.48. The molecule has 0 spiro atoms. The van der Waals surface area contributed by atoms with E-state index in [1.807, 2.05) is 35.9 Å². The van der Waals surface area contributed by atoms with Crippen molar-refractivity contribution in [3.05, 3.63) is 52.6 Å². The maximum absolute atomic E-state index is 12.5. The normalized spacial score (nSPS) is 20.2. The lowest BCUT2D eigenvalue weighted by Crippen LogP contribution is -2.29. The number of H-pyrrole nitrogens is 1. The van der Waals surface area contributed by atoms with Crippen molar-refractivity contribution in [1.82, 2.24) is 14.5 Å². The summed E-state index contributed by atoms with van der Waals surface area (Å²) in [6.07, 6.45) is 6.32. The van der Waals surface area contributed by atoms with Crippen molar-refractivity contribution in [1.29, 1.82) is 0 Å². The molecule has 2 N–H and O–H groups in total. The smallest absolute Gasteiger partial charge is 0.259 e. The van der Waals surface area contributed by atoms with Crippen molar-refractivity contribution in [2.45, 2.75) is 38.8 Å². The summed E-state index contributed by atoms with van der Waals surface area (Å²) in [5.41, 5.74) is 2.49. The molecule has 4 rings (SSSR count). The van der Waals surface area contributed by atoms with Gasteiger partial charge in [0.25, 0.3) is 5.56 Å². The van der Waals surface area contributed by atoms with Crippen LogP contribution >= 0.6 is 0 Å². The predicted molar refractivity (Wildman–Crippen MR) is 93.9 cm³/mol.